The highest BCUT2D eigenvalue weighted by atomic mass is 16.3. The van der Waals surface area contributed by atoms with Crippen molar-refractivity contribution in [3.8, 4) is 0 Å². The van der Waals surface area contributed by atoms with Crippen molar-refractivity contribution in [2.45, 2.75) is 31.7 Å². The van der Waals surface area contributed by atoms with Gasteiger partial charge in [0.15, 0.2) is 0 Å². The number of para-hydroxylation sites is 1. The van der Waals surface area contributed by atoms with Crippen LogP contribution in [0.5, 0.6) is 0 Å². The van der Waals surface area contributed by atoms with E-state index in [0.29, 0.717) is 0 Å². The predicted octanol–water partition coefficient (Wildman–Crippen LogP) is 1.82. The van der Waals surface area contributed by atoms with Crippen LogP contribution < -0.4 is 5.32 Å². The Morgan fingerprint density at radius 3 is 2.84 bits per heavy atom. The van der Waals surface area contributed by atoms with Crippen LogP contribution in [-0.2, 0) is 4.79 Å². The van der Waals surface area contributed by atoms with E-state index >= 15 is 0 Å². The number of fused-ring (bicyclic) bond motifs is 1. The number of carbonyl (C=O) groups excluding carboxylic acids is 1. The average molecular weight is 262 g/mol. The summed E-state index contributed by atoms with van der Waals surface area (Å²) in [5.41, 5.74) is 1.57. The van der Waals surface area contributed by atoms with E-state index in [-0.39, 0.29) is 18.4 Å². The Morgan fingerprint density at radius 1 is 1.47 bits per heavy atom. The standard InChI is InChI=1S/C15H22N2O2/c1-15(2,10-18)17(3)14(19)12-8-9-16-13-7-5-4-6-11(12)13/h4-7,12,16,18H,8-10H2,1-3H3. The fourth-order valence-electron chi connectivity index (χ4n) is 2.36. The first kappa shape index (κ1) is 13.9. The van der Waals surface area contributed by atoms with E-state index < -0.39 is 5.54 Å². The van der Waals surface area contributed by atoms with Crippen molar-refractivity contribution in [2.24, 2.45) is 0 Å². The molecule has 2 rings (SSSR count). The van der Waals surface area contributed by atoms with Crippen molar-refractivity contribution in [3.05, 3.63) is 29.8 Å². The maximum atomic E-state index is 12.7. The number of likely N-dealkylation sites (N-methyl/N-ethyl adjacent to an activating group) is 1. The van der Waals surface area contributed by atoms with Gasteiger partial charge >= 0.3 is 0 Å². The molecule has 0 spiro atoms. The second kappa shape index (κ2) is 5.21. The van der Waals surface area contributed by atoms with E-state index in [2.05, 4.69) is 5.32 Å². The monoisotopic (exact) mass is 262 g/mol. The second-order valence-corrected chi connectivity index (χ2v) is 5.72. The van der Waals surface area contributed by atoms with Crippen LogP contribution in [0.1, 0.15) is 31.7 Å². The quantitative estimate of drug-likeness (QED) is 0.873. The number of hydrogen-bond donors (Lipinski definition) is 2. The molecule has 0 saturated heterocycles. The fraction of sp³-hybridized carbons (Fsp3) is 0.533. The van der Waals surface area contributed by atoms with Crippen molar-refractivity contribution < 1.29 is 9.90 Å². The maximum absolute atomic E-state index is 12.7. The zero-order valence-electron chi connectivity index (χ0n) is 11.8. The van der Waals surface area contributed by atoms with Gasteiger partial charge in [0.1, 0.15) is 0 Å². The maximum Gasteiger partial charge on any atom is 0.230 e. The second-order valence-electron chi connectivity index (χ2n) is 5.72. The number of nitrogens with zero attached hydrogens (tertiary/aromatic N) is 1. The van der Waals surface area contributed by atoms with Crippen molar-refractivity contribution >= 4 is 11.6 Å². The van der Waals surface area contributed by atoms with E-state index in [9.17, 15) is 9.90 Å². The molecule has 19 heavy (non-hydrogen) atoms. The number of rotatable bonds is 3. The molecule has 0 aromatic heterocycles. The number of anilines is 1. The van der Waals surface area contributed by atoms with E-state index in [4.69, 9.17) is 0 Å². The van der Waals surface area contributed by atoms with Crippen LogP contribution in [-0.4, -0.2) is 41.7 Å². The molecule has 4 heteroatoms. The van der Waals surface area contributed by atoms with Crippen molar-refractivity contribution in [1.82, 2.24) is 4.90 Å². The van der Waals surface area contributed by atoms with Gasteiger partial charge in [-0.05, 0) is 31.9 Å². The summed E-state index contributed by atoms with van der Waals surface area (Å²) in [5.74, 6) is -0.0405. The summed E-state index contributed by atoms with van der Waals surface area (Å²) < 4.78 is 0. The molecule has 1 heterocycles. The van der Waals surface area contributed by atoms with Gasteiger partial charge in [0.05, 0.1) is 18.1 Å². The van der Waals surface area contributed by atoms with Gasteiger partial charge in [-0.15, -0.1) is 0 Å². The zero-order valence-corrected chi connectivity index (χ0v) is 11.8. The Hall–Kier alpha value is -1.55. The van der Waals surface area contributed by atoms with Crippen molar-refractivity contribution in [2.75, 3.05) is 25.5 Å². The minimum Gasteiger partial charge on any atom is -0.394 e. The lowest BCUT2D eigenvalue weighted by atomic mass is 9.88. The van der Waals surface area contributed by atoms with Gasteiger partial charge in [-0.1, -0.05) is 18.2 Å². The Balaban J connectivity index is 2.26. The highest BCUT2D eigenvalue weighted by Gasteiger charge is 2.34. The molecule has 0 bridgehead atoms. The summed E-state index contributed by atoms with van der Waals surface area (Å²) in [6.07, 6.45) is 0.793. The molecule has 1 aromatic carbocycles. The van der Waals surface area contributed by atoms with E-state index in [0.717, 1.165) is 24.2 Å². The highest BCUT2D eigenvalue weighted by Crippen LogP contribution is 2.33. The van der Waals surface area contributed by atoms with Crippen LogP contribution in [0, 0.1) is 0 Å². The molecule has 4 nitrogen and oxygen atoms in total. The fourth-order valence-corrected chi connectivity index (χ4v) is 2.36. The first-order valence-corrected chi connectivity index (χ1v) is 6.68. The molecule has 104 valence electrons. The molecule has 2 N–H and O–H groups in total. The number of aliphatic hydroxyl groups excluding tert-OH is 1. The minimum atomic E-state index is -0.531. The van der Waals surface area contributed by atoms with Gasteiger partial charge in [0, 0.05) is 19.3 Å². The summed E-state index contributed by atoms with van der Waals surface area (Å²) in [7, 11) is 1.77. The topological polar surface area (TPSA) is 52.6 Å². The number of hydrogen-bond acceptors (Lipinski definition) is 3. The molecule has 0 fully saturated rings. The zero-order chi connectivity index (χ0) is 14.0. The predicted molar refractivity (Wildman–Crippen MR) is 76.2 cm³/mol. The van der Waals surface area contributed by atoms with Crippen LogP contribution in [0.4, 0.5) is 5.69 Å². The molecular weight excluding hydrogens is 240 g/mol. The van der Waals surface area contributed by atoms with Gasteiger partial charge in [0.2, 0.25) is 5.91 Å². The number of carbonyl (C=O) groups is 1. The molecule has 1 amide bonds. The molecule has 1 atom stereocenters. The summed E-state index contributed by atoms with van der Waals surface area (Å²) in [6, 6.07) is 7.94. The SMILES string of the molecule is CN(C(=O)C1CCNc2ccccc21)C(C)(C)CO. The lowest BCUT2D eigenvalue weighted by molar-refractivity contribution is -0.137. The molecule has 0 saturated carbocycles. The van der Waals surface area contributed by atoms with Crippen molar-refractivity contribution in [1.29, 1.82) is 0 Å². The number of nitrogens with one attached hydrogen (secondary N) is 1. The summed E-state index contributed by atoms with van der Waals surface area (Å²) >= 11 is 0. The molecule has 0 radical (unpaired) electrons. The van der Waals surface area contributed by atoms with Crippen LogP contribution in [0.2, 0.25) is 0 Å². The van der Waals surface area contributed by atoms with E-state index in [1.165, 1.54) is 0 Å². The smallest absolute Gasteiger partial charge is 0.230 e. The van der Waals surface area contributed by atoms with E-state index in [1.807, 2.05) is 38.1 Å². The van der Waals surface area contributed by atoms with Crippen LogP contribution in [0.15, 0.2) is 24.3 Å². The van der Waals surface area contributed by atoms with E-state index in [1.54, 1.807) is 11.9 Å². The molecule has 1 aromatic rings. The number of benzene rings is 1. The average Bonchev–Trinajstić information content (AvgIpc) is 2.45. The third-order valence-electron chi connectivity index (χ3n) is 4.01. The summed E-state index contributed by atoms with van der Waals surface area (Å²) in [6.45, 7) is 4.51. The largest absolute Gasteiger partial charge is 0.394 e. The molecule has 0 aliphatic carbocycles. The summed E-state index contributed by atoms with van der Waals surface area (Å²) in [5, 5.41) is 12.7. The molecule has 1 unspecified atom stereocenters. The van der Waals surface area contributed by atoms with Crippen LogP contribution >= 0.6 is 0 Å². The van der Waals surface area contributed by atoms with Crippen LogP contribution in [0.3, 0.4) is 0 Å². The third-order valence-corrected chi connectivity index (χ3v) is 4.01. The van der Waals surface area contributed by atoms with Crippen LogP contribution in [0.25, 0.3) is 0 Å². The van der Waals surface area contributed by atoms with Gasteiger partial charge in [-0.3, -0.25) is 4.79 Å². The van der Waals surface area contributed by atoms with Gasteiger partial charge in [-0.25, -0.2) is 0 Å². The van der Waals surface area contributed by atoms with Gasteiger partial charge in [0.25, 0.3) is 0 Å². The molecule has 1 aliphatic heterocycles. The van der Waals surface area contributed by atoms with Gasteiger partial charge in [-0.2, -0.15) is 0 Å². The lowest BCUT2D eigenvalue weighted by Crippen LogP contribution is -2.49. The third kappa shape index (κ3) is 2.59. The Labute approximate surface area is 114 Å². The van der Waals surface area contributed by atoms with Crippen molar-refractivity contribution in [3.63, 3.8) is 0 Å². The lowest BCUT2D eigenvalue weighted by Gasteiger charge is -2.38. The highest BCUT2D eigenvalue weighted by molar-refractivity contribution is 5.86. The molecule has 1 aliphatic rings. The number of aliphatic hydroxyl groups is 1. The first-order chi connectivity index (χ1) is 8.97. The Bertz CT molecular complexity index is 471. The normalized spacial score (nSPS) is 18.4. The first-order valence-electron chi connectivity index (χ1n) is 6.68. The number of amides is 1. The summed E-state index contributed by atoms with van der Waals surface area (Å²) in [4.78, 5) is 14.3. The molecular formula is C15H22N2O2. The Kier molecular flexibility index (Phi) is 3.80. The van der Waals surface area contributed by atoms with Gasteiger partial charge < -0.3 is 15.3 Å². The Morgan fingerprint density at radius 2 is 2.16 bits per heavy atom. The minimum absolute atomic E-state index is 0.0398.